The number of allylic oxidation sites excluding steroid dienone is 2. The minimum absolute atomic E-state index is 0.273. The molecule has 0 atom stereocenters. The fraction of sp³-hybridized carbons (Fsp3) is 0.800. The van der Waals surface area contributed by atoms with Crippen molar-refractivity contribution in [1.82, 2.24) is 0 Å². The first-order chi connectivity index (χ1) is 11.2. The maximum atomic E-state index is 11.4. The lowest BCUT2D eigenvalue weighted by atomic mass is 10.1. The van der Waals surface area contributed by atoms with E-state index in [0.29, 0.717) is 6.42 Å². The predicted molar refractivity (Wildman–Crippen MR) is 96.5 cm³/mol. The van der Waals surface area contributed by atoms with Gasteiger partial charge in [0.05, 0.1) is 6.61 Å². The number of rotatable bonds is 16. The first-order valence-corrected chi connectivity index (χ1v) is 9.57. The predicted octanol–water partition coefficient (Wildman–Crippen LogP) is 5.77. The molecular weight excluding hydrogens is 288 g/mol. The van der Waals surface area contributed by atoms with Gasteiger partial charge < -0.3 is 4.74 Å². The van der Waals surface area contributed by atoms with Crippen LogP contribution < -0.4 is 0 Å². The molecule has 0 radical (unpaired) electrons. The molecule has 134 valence electrons. The van der Waals surface area contributed by atoms with E-state index in [1.165, 1.54) is 51.4 Å². The van der Waals surface area contributed by atoms with Crippen LogP contribution in [-0.2, 0) is 14.3 Å². The molecule has 0 saturated carbocycles. The standard InChI is InChI=1S/C20H36O3/c1-3-5-6-7-8-9-10-11-12-13-14-15-16-17-18-19(21)20(22)23-4-2/h11-12H,3-10,13-18H2,1-2H3/b12-11-. The summed E-state index contributed by atoms with van der Waals surface area (Å²) >= 11 is 0. The second-order valence-corrected chi connectivity index (χ2v) is 6.12. The average molecular weight is 325 g/mol. The number of unbranched alkanes of at least 4 members (excludes halogenated alkanes) is 10. The molecule has 3 heteroatoms. The molecule has 0 aliphatic rings. The summed E-state index contributed by atoms with van der Waals surface area (Å²) in [5, 5.41) is 0. The number of ketones is 1. The second kappa shape index (κ2) is 17.2. The molecule has 0 aromatic heterocycles. The minimum atomic E-state index is -0.676. The van der Waals surface area contributed by atoms with Crippen molar-refractivity contribution < 1.29 is 14.3 Å². The molecule has 0 spiro atoms. The molecule has 0 aromatic carbocycles. The highest BCUT2D eigenvalue weighted by Gasteiger charge is 2.13. The summed E-state index contributed by atoms with van der Waals surface area (Å²) in [5.74, 6) is -1.06. The van der Waals surface area contributed by atoms with Crippen LogP contribution in [0.3, 0.4) is 0 Å². The monoisotopic (exact) mass is 324 g/mol. The van der Waals surface area contributed by atoms with Crippen LogP contribution in [0.4, 0.5) is 0 Å². The van der Waals surface area contributed by atoms with Crippen molar-refractivity contribution >= 4 is 11.8 Å². The van der Waals surface area contributed by atoms with Crippen molar-refractivity contribution in [1.29, 1.82) is 0 Å². The maximum absolute atomic E-state index is 11.4. The quantitative estimate of drug-likeness (QED) is 0.157. The highest BCUT2D eigenvalue weighted by Crippen LogP contribution is 2.09. The third kappa shape index (κ3) is 15.5. The number of Topliss-reactive ketones (excluding diaryl/α,β-unsaturated/α-hetero) is 1. The number of esters is 1. The van der Waals surface area contributed by atoms with E-state index < -0.39 is 5.97 Å². The van der Waals surface area contributed by atoms with E-state index >= 15 is 0 Å². The van der Waals surface area contributed by atoms with E-state index in [9.17, 15) is 9.59 Å². The summed E-state index contributed by atoms with van der Waals surface area (Å²) < 4.78 is 4.68. The number of ether oxygens (including phenoxy) is 1. The van der Waals surface area contributed by atoms with Crippen LogP contribution in [0.2, 0.25) is 0 Å². The molecule has 0 aromatic rings. The van der Waals surface area contributed by atoms with Gasteiger partial charge in [0.1, 0.15) is 0 Å². The van der Waals surface area contributed by atoms with Crippen molar-refractivity contribution in [2.45, 2.75) is 97.3 Å². The summed E-state index contributed by atoms with van der Waals surface area (Å²) in [7, 11) is 0. The van der Waals surface area contributed by atoms with Gasteiger partial charge in [0.15, 0.2) is 0 Å². The van der Waals surface area contributed by atoms with Gasteiger partial charge in [0.2, 0.25) is 5.78 Å². The molecule has 0 amide bonds. The smallest absolute Gasteiger partial charge is 0.374 e. The van der Waals surface area contributed by atoms with Gasteiger partial charge >= 0.3 is 5.97 Å². The van der Waals surface area contributed by atoms with E-state index in [1.54, 1.807) is 6.92 Å². The average Bonchev–Trinajstić information content (AvgIpc) is 2.55. The molecule has 3 nitrogen and oxygen atoms in total. The Hall–Kier alpha value is -1.12. The SMILES string of the molecule is CCCCCCCC/C=C\CCCCCCC(=O)C(=O)OCC. The van der Waals surface area contributed by atoms with Crippen LogP contribution >= 0.6 is 0 Å². The summed E-state index contributed by atoms with van der Waals surface area (Å²) in [5.41, 5.74) is 0. The zero-order valence-electron chi connectivity index (χ0n) is 15.3. The second-order valence-electron chi connectivity index (χ2n) is 6.12. The van der Waals surface area contributed by atoms with E-state index in [0.717, 1.165) is 25.7 Å². The molecule has 0 heterocycles. The molecule has 0 aliphatic heterocycles. The lowest BCUT2D eigenvalue weighted by Gasteiger charge is -2.01. The normalized spacial score (nSPS) is 11.0. The van der Waals surface area contributed by atoms with E-state index in [4.69, 9.17) is 0 Å². The van der Waals surface area contributed by atoms with Crippen molar-refractivity contribution in [2.24, 2.45) is 0 Å². The number of carbonyl (C=O) groups is 2. The Balaban J connectivity index is 3.28. The van der Waals surface area contributed by atoms with E-state index in [2.05, 4.69) is 23.8 Å². The molecule has 23 heavy (non-hydrogen) atoms. The number of carbonyl (C=O) groups excluding carboxylic acids is 2. The van der Waals surface area contributed by atoms with Crippen LogP contribution in [0.25, 0.3) is 0 Å². The van der Waals surface area contributed by atoms with Crippen LogP contribution in [-0.4, -0.2) is 18.4 Å². The Morgan fingerprint density at radius 3 is 1.83 bits per heavy atom. The molecule has 0 unspecified atom stereocenters. The van der Waals surface area contributed by atoms with Gasteiger partial charge in [0.25, 0.3) is 0 Å². The van der Waals surface area contributed by atoms with E-state index in [-0.39, 0.29) is 12.4 Å². The summed E-state index contributed by atoms with van der Waals surface area (Å²) in [4.78, 5) is 22.5. The highest BCUT2D eigenvalue weighted by atomic mass is 16.5. The Bertz CT molecular complexity index is 321. The molecule has 0 N–H and O–H groups in total. The summed E-state index contributed by atoms with van der Waals surface area (Å²) in [6.07, 6.45) is 19.5. The van der Waals surface area contributed by atoms with Gasteiger partial charge in [0, 0.05) is 6.42 Å². The summed E-state index contributed by atoms with van der Waals surface area (Å²) in [6, 6.07) is 0. The molecule has 0 saturated heterocycles. The highest BCUT2D eigenvalue weighted by molar-refractivity contribution is 6.33. The Labute approximate surface area is 142 Å². The van der Waals surface area contributed by atoms with Crippen molar-refractivity contribution in [2.75, 3.05) is 6.61 Å². The zero-order valence-corrected chi connectivity index (χ0v) is 15.3. The fourth-order valence-corrected chi connectivity index (χ4v) is 2.49. The molecule has 0 bridgehead atoms. The van der Waals surface area contributed by atoms with E-state index in [1.807, 2.05) is 0 Å². The lowest BCUT2D eigenvalue weighted by molar-refractivity contribution is -0.153. The van der Waals surface area contributed by atoms with Crippen LogP contribution in [0.15, 0.2) is 12.2 Å². The number of hydrogen-bond donors (Lipinski definition) is 0. The van der Waals surface area contributed by atoms with Crippen molar-refractivity contribution in [3.05, 3.63) is 12.2 Å². The third-order valence-corrected chi connectivity index (χ3v) is 3.92. The fourth-order valence-electron chi connectivity index (χ4n) is 2.49. The van der Waals surface area contributed by atoms with Gasteiger partial charge in [-0.25, -0.2) is 4.79 Å². The molecule has 0 rings (SSSR count). The topological polar surface area (TPSA) is 43.4 Å². The third-order valence-electron chi connectivity index (χ3n) is 3.92. The van der Waals surface area contributed by atoms with Gasteiger partial charge in [-0.1, -0.05) is 64.0 Å². The van der Waals surface area contributed by atoms with Crippen molar-refractivity contribution in [3.63, 3.8) is 0 Å². The van der Waals surface area contributed by atoms with Crippen LogP contribution in [0.5, 0.6) is 0 Å². The maximum Gasteiger partial charge on any atom is 0.374 e. The largest absolute Gasteiger partial charge is 0.460 e. The molecule has 0 fully saturated rings. The van der Waals surface area contributed by atoms with Gasteiger partial charge in [-0.3, -0.25) is 4.79 Å². The Morgan fingerprint density at radius 1 is 0.739 bits per heavy atom. The number of hydrogen-bond acceptors (Lipinski definition) is 3. The van der Waals surface area contributed by atoms with Gasteiger partial charge in [-0.15, -0.1) is 0 Å². The molecular formula is C20H36O3. The minimum Gasteiger partial charge on any atom is -0.460 e. The lowest BCUT2D eigenvalue weighted by Crippen LogP contribution is -2.16. The van der Waals surface area contributed by atoms with Gasteiger partial charge in [-0.2, -0.15) is 0 Å². The Kier molecular flexibility index (Phi) is 16.4. The molecule has 0 aliphatic carbocycles. The Morgan fingerprint density at radius 2 is 1.26 bits per heavy atom. The zero-order chi connectivity index (χ0) is 17.2. The first kappa shape index (κ1) is 21.9. The van der Waals surface area contributed by atoms with Crippen LogP contribution in [0.1, 0.15) is 97.3 Å². The summed E-state index contributed by atoms with van der Waals surface area (Å²) in [6.45, 7) is 4.24. The van der Waals surface area contributed by atoms with Crippen LogP contribution in [0, 0.1) is 0 Å². The first-order valence-electron chi connectivity index (χ1n) is 9.57. The van der Waals surface area contributed by atoms with Crippen molar-refractivity contribution in [3.8, 4) is 0 Å². The van der Waals surface area contributed by atoms with Gasteiger partial charge in [-0.05, 0) is 39.0 Å².